The van der Waals surface area contributed by atoms with Crippen LogP contribution in [-0.2, 0) is 16.0 Å². The zero-order valence-electron chi connectivity index (χ0n) is 18.3. The van der Waals surface area contributed by atoms with Crippen molar-refractivity contribution in [3.8, 4) is 5.75 Å². The van der Waals surface area contributed by atoms with Gasteiger partial charge in [-0.1, -0.05) is 15.9 Å². The number of fused-ring (bicyclic) bond motifs is 2. The highest BCUT2D eigenvalue weighted by Crippen LogP contribution is 2.30. The summed E-state index contributed by atoms with van der Waals surface area (Å²) in [6.07, 6.45) is 0.148. The van der Waals surface area contributed by atoms with Crippen LogP contribution in [0.15, 0.2) is 60.6 Å². The summed E-state index contributed by atoms with van der Waals surface area (Å²) in [7, 11) is 0. The van der Waals surface area contributed by atoms with Crippen molar-refractivity contribution in [2.75, 3.05) is 0 Å². The van der Waals surface area contributed by atoms with Gasteiger partial charge in [0.1, 0.15) is 16.9 Å². The number of aryl methyl sites for hydroxylation is 2. The lowest BCUT2D eigenvalue weighted by molar-refractivity contribution is -0.147. The first-order chi connectivity index (χ1) is 15.7. The van der Waals surface area contributed by atoms with Gasteiger partial charge < -0.3 is 18.3 Å². The van der Waals surface area contributed by atoms with Crippen molar-refractivity contribution < 1.29 is 27.9 Å². The van der Waals surface area contributed by atoms with Gasteiger partial charge in [0, 0.05) is 33.8 Å². The molecule has 2 aromatic carbocycles. The summed E-state index contributed by atoms with van der Waals surface area (Å²) in [5.74, 6) is -0.858. The number of hydrogen-bond acceptors (Lipinski definition) is 7. The van der Waals surface area contributed by atoms with Crippen LogP contribution in [0.1, 0.15) is 41.9 Å². The Balaban J connectivity index is 1.69. The maximum atomic E-state index is 12.9. The predicted octanol–water partition coefficient (Wildman–Crippen LogP) is 5.71. The Hall–Kier alpha value is -3.39. The van der Waals surface area contributed by atoms with Crippen molar-refractivity contribution in [3.05, 3.63) is 74.2 Å². The Bertz CT molecular complexity index is 1430. The van der Waals surface area contributed by atoms with E-state index in [4.69, 9.17) is 18.3 Å². The smallest absolute Gasteiger partial charge is 0.379 e. The van der Waals surface area contributed by atoms with E-state index in [9.17, 15) is 14.4 Å². The predicted molar refractivity (Wildman–Crippen MR) is 126 cm³/mol. The molecule has 0 N–H and O–H groups in total. The summed E-state index contributed by atoms with van der Waals surface area (Å²) >= 11 is 3.39. The van der Waals surface area contributed by atoms with Crippen LogP contribution in [0.4, 0.5) is 0 Å². The van der Waals surface area contributed by atoms with Gasteiger partial charge in [-0.25, -0.2) is 9.59 Å². The highest BCUT2D eigenvalue weighted by Gasteiger charge is 2.19. The van der Waals surface area contributed by atoms with E-state index in [1.807, 2.05) is 12.1 Å². The number of benzene rings is 2. The van der Waals surface area contributed by atoms with Gasteiger partial charge in [0.2, 0.25) is 5.76 Å². The fourth-order valence-electron chi connectivity index (χ4n) is 3.50. The van der Waals surface area contributed by atoms with E-state index >= 15 is 0 Å². The van der Waals surface area contributed by atoms with Gasteiger partial charge in [-0.15, -0.1) is 0 Å². The van der Waals surface area contributed by atoms with Crippen LogP contribution < -0.4 is 10.4 Å². The highest BCUT2D eigenvalue weighted by atomic mass is 79.9. The fourth-order valence-corrected chi connectivity index (χ4v) is 3.88. The largest absolute Gasteiger partial charge is 0.463 e. The molecular formula is C25H21BrO7. The first-order valence-electron chi connectivity index (χ1n) is 10.4. The third kappa shape index (κ3) is 5.17. The summed E-state index contributed by atoms with van der Waals surface area (Å²) in [6.45, 7) is 5.34. The molecule has 2 aromatic heterocycles. The van der Waals surface area contributed by atoms with Gasteiger partial charge in [-0.05, 0) is 68.7 Å². The number of ether oxygens (including phenoxy) is 2. The number of hydrogen-bond donors (Lipinski definition) is 0. The quantitative estimate of drug-likeness (QED) is 0.185. The summed E-state index contributed by atoms with van der Waals surface area (Å²) in [5.41, 5.74) is 1.64. The van der Waals surface area contributed by atoms with E-state index in [2.05, 4.69) is 15.9 Å². The molecule has 0 saturated carbocycles. The third-order valence-corrected chi connectivity index (χ3v) is 5.47. The van der Waals surface area contributed by atoms with Crippen molar-refractivity contribution in [3.63, 3.8) is 0 Å². The van der Waals surface area contributed by atoms with Crippen LogP contribution >= 0.6 is 15.9 Å². The summed E-state index contributed by atoms with van der Waals surface area (Å²) in [6, 6.07) is 11.6. The molecule has 170 valence electrons. The molecule has 0 atom stereocenters. The van der Waals surface area contributed by atoms with Crippen molar-refractivity contribution in [2.24, 2.45) is 0 Å². The molecule has 0 radical (unpaired) electrons. The van der Waals surface area contributed by atoms with Crippen molar-refractivity contribution in [2.45, 2.75) is 39.7 Å². The lowest BCUT2D eigenvalue weighted by atomic mass is 10.0. The third-order valence-electron chi connectivity index (χ3n) is 4.98. The summed E-state index contributed by atoms with van der Waals surface area (Å²) in [5, 5.41) is 1.43. The van der Waals surface area contributed by atoms with Crippen LogP contribution in [-0.4, -0.2) is 18.0 Å². The molecule has 4 aromatic rings. The Morgan fingerprint density at radius 1 is 1.03 bits per heavy atom. The Labute approximate surface area is 197 Å². The maximum Gasteiger partial charge on any atom is 0.379 e. The minimum Gasteiger partial charge on any atom is -0.463 e. The summed E-state index contributed by atoms with van der Waals surface area (Å²) in [4.78, 5) is 36.8. The van der Waals surface area contributed by atoms with Crippen molar-refractivity contribution in [1.29, 1.82) is 0 Å². The molecule has 0 spiro atoms. The van der Waals surface area contributed by atoms with E-state index in [0.717, 1.165) is 9.86 Å². The minimum absolute atomic E-state index is 0.0269. The average Bonchev–Trinajstić information content (AvgIpc) is 3.15. The molecule has 2 heterocycles. The standard InChI is InChI=1S/C25H21BrO7/c1-13(2)30-23(27)7-4-15-10-18-14(3)8-24(28)32-21(18)12-20(15)33-25(29)22-11-16-9-17(26)5-6-19(16)31-22/h5-6,8-13H,4,7H2,1-3H3. The zero-order chi connectivity index (χ0) is 23.7. The number of esters is 2. The summed E-state index contributed by atoms with van der Waals surface area (Å²) < 4.78 is 22.6. The molecule has 4 rings (SSSR count). The second-order valence-electron chi connectivity index (χ2n) is 7.93. The molecular weight excluding hydrogens is 492 g/mol. The molecule has 8 heteroatoms. The van der Waals surface area contributed by atoms with Crippen molar-refractivity contribution >= 4 is 49.8 Å². The normalized spacial score (nSPS) is 11.3. The molecule has 33 heavy (non-hydrogen) atoms. The number of furan rings is 1. The fraction of sp³-hybridized carbons (Fsp3) is 0.240. The average molecular weight is 513 g/mol. The monoisotopic (exact) mass is 512 g/mol. The lowest BCUT2D eigenvalue weighted by Gasteiger charge is -2.12. The number of carbonyl (C=O) groups excluding carboxylic acids is 2. The van der Waals surface area contributed by atoms with E-state index in [0.29, 0.717) is 22.1 Å². The molecule has 0 bridgehead atoms. The van der Waals surface area contributed by atoms with Crippen LogP contribution in [0.2, 0.25) is 0 Å². The van der Waals surface area contributed by atoms with Crippen LogP contribution in [0.3, 0.4) is 0 Å². The number of carbonyl (C=O) groups is 2. The molecule has 0 unspecified atom stereocenters. The number of rotatable bonds is 6. The van der Waals surface area contributed by atoms with E-state index in [1.165, 1.54) is 12.1 Å². The topological polar surface area (TPSA) is 96.0 Å². The van der Waals surface area contributed by atoms with Crippen LogP contribution in [0.5, 0.6) is 5.75 Å². The first kappa shape index (κ1) is 22.8. The van der Waals surface area contributed by atoms with E-state index < -0.39 is 11.6 Å². The van der Waals surface area contributed by atoms with E-state index in [-0.39, 0.29) is 42.0 Å². The van der Waals surface area contributed by atoms with Gasteiger partial charge in [0.05, 0.1) is 6.10 Å². The molecule has 0 aliphatic heterocycles. The second kappa shape index (κ2) is 9.23. The highest BCUT2D eigenvalue weighted by molar-refractivity contribution is 9.10. The van der Waals surface area contributed by atoms with Crippen molar-refractivity contribution in [1.82, 2.24) is 0 Å². The second-order valence-corrected chi connectivity index (χ2v) is 8.84. The lowest BCUT2D eigenvalue weighted by Crippen LogP contribution is -2.13. The van der Waals surface area contributed by atoms with Gasteiger partial charge in [0.15, 0.2) is 0 Å². The molecule has 0 fully saturated rings. The Morgan fingerprint density at radius 3 is 2.58 bits per heavy atom. The van der Waals surface area contributed by atoms with Crippen LogP contribution in [0, 0.1) is 6.92 Å². The van der Waals surface area contributed by atoms with Crippen LogP contribution in [0.25, 0.3) is 21.9 Å². The maximum absolute atomic E-state index is 12.9. The Kier molecular flexibility index (Phi) is 6.37. The zero-order valence-corrected chi connectivity index (χ0v) is 19.9. The SMILES string of the molecule is Cc1cc(=O)oc2cc(OC(=O)c3cc4cc(Br)ccc4o3)c(CCC(=O)OC(C)C)cc12. The molecule has 0 aliphatic carbocycles. The Morgan fingerprint density at radius 2 is 1.82 bits per heavy atom. The first-order valence-corrected chi connectivity index (χ1v) is 11.2. The molecule has 7 nitrogen and oxygen atoms in total. The number of halogens is 1. The van der Waals surface area contributed by atoms with Gasteiger partial charge in [0.25, 0.3) is 0 Å². The minimum atomic E-state index is -0.706. The molecule has 0 amide bonds. The van der Waals surface area contributed by atoms with Gasteiger partial charge in [-0.3, -0.25) is 4.79 Å². The van der Waals surface area contributed by atoms with Gasteiger partial charge in [-0.2, -0.15) is 0 Å². The molecule has 0 saturated heterocycles. The molecule has 0 aliphatic rings. The van der Waals surface area contributed by atoms with Gasteiger partial charge >= 0.3 is 17.6 Å². The van der Waals surface area contributed by atoms with E-state index in [1.54, 1.807) is 39.0 Å².